The molecule has 0 bridgehead atoms. The standard InChI is InChI=1S/C20H46O2Si3/c1-9-17-18-19-20-24(13-5,14-6)22-25(15-7,16-8)21-23(10-2,11-3)12-4/h9H,1,10-20H2,2-8H3. The average Bonchev–Trinajstić information content (AvgIpc) is 2.68. The van der Waals surface area contributed by atoms with Crippen molar-refractivity contribution in [3.8, 4) is 0 Å². The number of hydrogen-bond donors (Lipinski definition) is 0. The molecule has 0 spiro atoms. The largest absolute Gasteiger partial charge is 0.436 e. The molecule has 0 unspecified atom stereocenters. The second kappa shape index (κ2) is 12.7. The van der Waals surface area contributed by atoms with E-state index in [1.807, 2.05) is 6.08 Å². The van der Waals surface area contributed by atoms with Gasteiger partial charge in [-0.05, 0) is 54.8 Å². The molecule has 0 fully saturated rings. The van der Waals surface area contributed by atoms with Crippen LogP contribution in [-0.4, -0.2) is 25.2 Å². The van der Waals surface area contributed by atoms with Gasteiger partial charge in [-0.2, -0.15) is 0 Å². The van der Waals surface area contributed by atoms with Gasteiger partial charge < -0.3 is 8.23 Å². The summed E-state index contributed by atoms with van der Waals surface area (Å²) in [6.45, 7) is 20.2. The molecule has 0 aromatic carbocycles. The third-order valence-corrected chi connectivity index (χ3v) is 22.7. The fourth-order valence-electron chi connectivity index (χ4n) is 3.85. The van der Waals surface area contributed by atoms with Crippen molar-refractivity contribution in [1.82, 2.24) is 0 Å². The molecule has 5 heteroatoms. The van der Waals surface area contributed by atoms with Crippen LogP contribution in [0.3, 0.4) is 0 Å². The van der Waals surface area contributed by atoms with Crippen LogP contribution >= 0.6 is 0 Å². The van der Waals surface area contributed by atoms with Gasteiger partial charge >= 0.3 is 8.56 Å². The van der Waals surface area contributed by atoms with E-state index in [0.717, 1.165) is 18.5 Å². The predicted molar refractivity (Wildman–Crippen MR) is 122 cm³/mol. The Balaban J connectivity index is 5.40. The predicted octanol–water partition coefficient (Wildman–Crippen LogP) is 7.85. The summed E-state index contributed by atoms with van der Waals surface area (Å²) in [5, 5.41) is 0. The molecular formula is C20H46O2Si3. The SMILES string of the molecule is C=CCCCC[Si](CC)(CC)O[Si](CC)(CC)O[Si](CC)(CC)CC. The van der Waals surface area contributed by atoms with Gasteiger partial charge in [0.15, 0.2) is 16.6 Å². The van der Waals surface area contributed by atoms with Gasteiger partial charge in [0, 0.05) is 0 Å². The Labute approximate surface area is 162 Å². The Hall–Kier alpha value is 0.311. The number of rotatable bonds is 16. The Morgan fingerprint density at radius 2 is 1.08 bits per heavy atom. The normalized spacial score (nSPS) is 13.2. The molecule has 0 aliphatic heterocycles. The highest BCUT2D eigenvalue weighted by Gasteiger charge is 2.47. The lowest BCUT2D eigenvalue weighted by Gasteiger charge is -2.45. The van der Waals surface area contributed by atoms with Gasteiger partial charge in [-0.3, -0.25) is 0 Å². The first-order valence-electron chi connectivity index (χ1n) is 10.9. The molecule has 0 aliphatic carbocycles. The average molecular weight is 403 g/mol. The van der Waals surface area contributed by atoms with Crippen LogP contribution < -0.4 is 0 Å². The van der Waals surface area contributed by atoms with Crippen molar-refractivity contribution in [2.24, 2.45) is 0 Å². The van der Waals surface area contributed by atoms with Crippen LogP contribution in [0.5, 0.6) is 0 Å². The van der Waals surface area contributed by atoms with E-state index in [-0.39, 0.29) is 0 Å². The molecule has 0 rings (SSSR count). The second-order valence-corrected chi connectivity index (χ2v) is 21.1. The quantitative estimate of drug-likeness (QED) is 0.149. The van der Waals surface area contributed by atoms with E-state index in [1.165, 1.54) is 49.1 Å². The van der Waals surface area contributed by atoms with Crippen LogP contribution in [0.1, 0.15) is 67.7 Å². The van der Waals surface area contributed by atoms with Crippen molar-refractivity contribution in [2.75, 3.05) is 0 Å². The Morgan fingerprint density at radius 3 is 1.44 bits per heavy atom. The van der Waals surface area contributed by atoms with Crippen molar-refractivity contribution in [3.63, 3.8) is 0 Å². The summed E-state index contributed by atoms with van der Waals surface area (Å²) in [4.78, 5) is 0. The maximum atomic E-state index is 7.23. The lowest BCUT2D eigenvalue weighted by molar-refractivity contribution is 0.359. The molecule has 25 heavy (non-hydrogen) atoms. The topological polar surface area (TPSA) is 18.5 Å². The Bertz CT molecular complexity index is 341. The molecule has 2 nitrogen and oxygen atoms in total. The molecule has 0 aromatic heterocycles. The number of unbranched alkanes of at least 4 members (excludes halogenated alkanes) is 2. The highest BCUT2D eigenvalue weighted by atomic mass is 28.5. The van der Waals surface area contributed by atoms with E-state index >= 15 is 0 Å². The summed E-state index contributed by atoms with van der Waals surface area (Å²) in [6, 6.07) is 9.66. The van der Waals surface area contributed by atoms with E-state index < -0.39 is 25.2 Å². The highest BCUT2D eigenvalue weighted by molar-refractivity contribution is 6.90. The van der Waals surface area contributed by atoms with Crippen LogP contribution in [-0.2, 0) is 8.23 Å². The Morgan fingerprint density at radius 1 is 0.640 bits per heavy atom. The third-order valence-electron chi connectivity index (χ3n) is 6.39. The maximum absolute atomic E-state index is 7.23. The van der Waals surface area contributed by atoms with Crippen LogP contribution in [0, 0.1) is 0 Å². The van der Waals surface area contributed by atoms with Gasteiger partial charge in [0.1, 0.15) is 0 Å². The van der Waals surface area contributed by atoms with Crippen LogP contribution in [0.15, 0.2) is 12.7 Å². The molecule has 0 amide bonds. The molecule has 0 aliphatic rings. The summed E-state index contributed by atoms with van der Waals surface area (Å²) in [5.74, 6) is 0. The molecule has 0 heterocycles. The monoisotopic (exact) mass is 402 g/mol. The summed E-state index contributed by atoms with van der Waals surface area (Å²) in [6.07, 6.45) is 5.73. The molecule has 150 valence electrons. The summed E-state index contributed by atoms with van der Waals surface area (Å²) < 4.78 is 14.4. The fourth-order valence-corrected chi connectivity index (χ4v) is 20.4. The molecule has 0 radical (unpaired) electrons. The van der Waals surface area contributed by atoms with Crippen molar-refractivity contribution in [2.45, 2.75) is 116 Å². The van der Waals surface area contributed by atoms with E-state index in [0.29, 0.717) is 0 Å². The number of allylic oxidation sites excluding steroid dienone is 1. The first-order valence-corrected chi connectivity index (χ1v) is 18.2. The first kappa shape index (κ1) is 25.3. The van der Waals surface area contributed by atoms with Crippen molar-refractivity contribution in [1.29, 1.82) is 0 Å². The van der Waals surface area contributed by atoms with Gasteiger partial charge in [0.05, 0.1) is 0 Å². The maximum Gasteiger partial charge on any atom is 0.317 e. The van der Waals surface area contributed by atoms with Gasteiger partial charge in [0.2, 0.25) is 0 Å². The Kier molecular flexibility index (Phi) is 12.8. The van der Waals surface area contributed by atoms with Crippen molar-refractivity contribution >= 4 is 25.2 Å². The van der Waals surface area contributed by atoms with E-state index in [9.17, 15) is 0 Å². The second-order valence-electron chi connectivity index (χ2n) is 7.49. The highest BCUT2D eigenvalue weighted by Crippen LogP contribution is 2.36. The van der Waals surface area contributed by atoms with E-state index in [1.54, 1.807) is 0 Å². The van der Waals surface area contributed by atoms with Crippen LogP contribution in [0.2, 0.25) is 48.4 Å². The third kappa shape index (κ3) is 7.45. The molecular weight excluding hydrogens is 356 g/mol. The summed E-state index contributed by atoms with van der Waals surface area (Å²) in [5.41, 5.74) is 0. The minimum Gasteiger partial charge on any atom is -0.436 e. The van der Waals surface area contributed by atoms with Crippen molar-refractivity contribution in [3.05, 3.63) is 12.7 Å². The molecule has 0 atom stereocenters. The lowest BCUT2D eigenvalue weighted by atomic mass is 10.2. The zero-order valence-corrected chi connectivity index (χ0v) is 21.4. The molecule has 0 aromatic rings. The smallest absolute Gasteiger partial charge is 0.317 e. The van der Waals surface area contributed by atoms with Gasteiger partial charge in [-0.25, -0.2) is 0 Å². The fraction of sp³-hybridized carbons (Fsp3) is 0.900. The van der Waals surface area contributed by atoms with Gasteiger partial charge in [0.25, 0.3) is 0 Å². The van der Waals surface area contributed by atoms with Crippen LogP contribution in [0.4, 0.5) is 0 Å². The van der Waals surface area contributed by atoms with E-state index in [2.05, 4.69) is 55.0 Å². The summed E-state index contributed by atoms with van der Waals surface area (Å²) >= 11 is 0. The zero-order valence-electron chi connectivity index (χ0n) is 18.4. The number of hydrogen-bond acceptors (Lipinski definition) is 2. The first-order chi connectivity index (χ1) is 11.9. The van der Waals surface area contributed by atoms with Crippen LogP contribution in [0.25, 0.3) is 0 Å². The van der Waals surface area contributed by atoms with Crippen molar-refractivity contribution < 1.29 is 8.23 Å². The lowest BCUT2D eigenvalue weighted by Crippen LogP contribution is -2.58. The van der Waals surface area contributed by atoms with E-state index in [4.69, 9.17) is 8.23 Å². The minimum absolute atomic E-state index is 1.11. The van der Waals surface area contributed by atoms with Gasteiger partial charge in [-0.1, -0.05) is 67.4 Å². The minimum atomic E-state index is -2.08. The van der Waals surface area contributed by atoms with Gasteiger partial charge in [-0.15, -0.1) is 6.58 Å². The summed E-state index contributed by atoms with van der Waals surface area (Å²) in [7, 11) is -5.39. The molecule has 0 saturated heterocycles. The molecule has 0 N–H and O–H groups in total. The molecule has 0 saturated carbocycles. The zero-order chi connectivity index (χ0) is 19.4.